The van der Waals surface area contributed by atoms with E-state index in [4.69, 9.17) is 26.2 Å². The summed E-state index contributed by atoms with van der Waals surface area (Å²) in [5, 5.41) is 10.8. The molecule has 15 heteroatoms. The molecular formula is C22H27F2N7O5S. The minimum Gasteiger partial charge on any atom is -0.474 e. The van der Waals surface area contributed by atoms with Crippen LogP contribution in [0.25, 0.3) is 0 Å². The molecule has 0 unspecified atom stereocenters. The SMILES string of the molecule is COC(=S)NC[C@H]1CN(c2cc(F)c(N3CCNN(C(=O)NCc4cc(C)on4)CC3)c(F)c2)C(=O)O1. The summed E-state index contributed by atoms with van der Waals surface area (Å²) in [7, 11) is 1.41. The monoisotopic (exact) mass is 539 g/mol. The Morgan fingerprint density at radius 3 is 2.68 bits per heavy atom. The molecule has 2 aliphatic heterocycles. The topological polar surface area (TPSA) is 124 Å². The van der Waals surface area contributed by atoms with Crippen LogP contribution in [-0.2, 0) is 16.0 Å². The van der Waals surface area contributed by atoms with Gasteiger partial charge in [0.2, 0.25) is 0 Å². The molecule has 200 valence electrons. The van der Waals surface area contributed by atoms with E-state index in [1.54, 1.807) is 13.0 Å². The van der Waals surface area contributed by atoms with Crippen LogP contribution in [0.1, 0.15) is 11.5 Å². The molecule has 1 atom stereocenters. The number of hydrogen-bond donors (Lipinski definition) is 3. The number of amides is 3. The summed E-state index contributed by atoms with van der Waals surface area (Å²) in [6.07, 6.45) is -1.29. The zero-order chi connectivity index (χ0) is 26.5. The van der Waals surface area contributed by atoms with Gasteiger partial charge < -0.3 is 29.5 Å². The Bertz CT molecular complexity index is 1140. The first kappa shape index (κ1) is 26.3. The zero-order valence-corrected chi connectivity index (χ0v) is 21.1. The summed E-state index contributed by atoms with van der Waals surface area (Å²) >= 11 is 4.89. The Morgan fingerprint density at radius 1 is 1.24 bits per heavy atom. The number of carbonyl (C=O) groups excluding carboxylic acids is 2. The van der Waals surface area contributed by atoms with E-state index in [2.05, 4.69) is 21.2 Å². The number of thiocarbonyl (C=S) groups is 1. The maximum Gasteiger partial charge on any atom is 0.414 e. The number of rotatable bonds is 6. The van der Waals surface area contributed by atoms with Crippen molar-refractivity contribution in [2.45, 2.75) is 19.6 Å². The molecule has 4 rings (SSSR count). The van der Waals surface area contributed by atoms with Gasteiger partial charge in [-0.05, 0) is 19.1 Å². The molecule has 2 aromatic rings. The number of ether oxygens (including phenoxy) is 2. The van der Waals surface area contributed by atoms with Gasteiger partial charge in [0.1, 0.15) is 23.2 Å². The Labute approximate surface area is 216 Å². The summed E-state index contributed by atoms with van der Waals surface area (Å²) in [6.45, 7) is 3.07. The van der Waals surface area contributed by atoms with Crippen molar-refractivity contribution in [2.24, 2.45) is 0 Å². The van der Waals surface area contributed by atoms with Gasteiger partial charge in [-0.25, -0.2) is 23.8 Å². The number of nitrogens with zero attached hydrogens (tertiary/aromatic N) is 4. The van der Waals surface area contributed by atoms with Crippen molar-refractivity contribution in [1.82, 2.24) is 26.2 Å². The molecule has 1 aromatic carbocycles. The molecule has 2 fully saturated rings. The summed E-state index contributed by atoms with van der Waals surface area (Å²) in [6, 6.07) is 3.50. The van der Waals surface area contributed by atoms with Crippen molar-refractivity contribution in [1.29, 1.82) is 0 Å². The molecule has 0 radical (unpaired) electrons. The highest BCUT2D eigenvalue weighted by Crippen LogP contribution is 2.31. The molecule has 3 amide bonds. The first-order valence-corrected chi connectivity index (χ1v) is 11.9. The summed E-state index contributed by atoms with van der Waals surface area (Å²) in [4.78, 5) is 27.5. The van der Waals surface area contributed by atoms with Gasteiger partial charge in [0, 0.05) is 37.8 Å². The van der Waals surface area contributed by atoms with Crippen LogP contribution >= 0.6 is 12.2 Å². The molecule has 2 aliphatic rings. The van der Waals surface area contributed by atoms with Gasteiger partial charge in [0.25, 0.3) is 5.17 Å². The van der Waals surface area contributed by atoms with E-state index in [1.165, 1.54) is 17.0 Å². The van der Waals surface area contributed by atoms with Gasteiger partial charge in [-0.15, -0.1) is 0 Å². The highest BCUT2D eigenvalue weighted by atomic mass is 32.1. The number of methoxy groups -OCH3 is 1. The van der Waals surface area contributed by atoms with Crippen molar-refractivity contribution in [3.05, 3.63) is 41.3 Å². The van der Waals surface area contributed by atoms with E-state index in [9.17, 15) is 9.59 Å². The van der Waals surface area contributed by atoms with Crippen LogP contribution in [0.3, 0.4) is 0 Å². The standard InChI is InChI=1S/C22H27F2N7O5S/c1-13-7-14(28-36-13)10-25-20(32)31-6-5-29(4-3-27-31)19-17(23)8-15(9-18(19)24)30-12-16(35-22(30)33)11-26-21(37)34-2/h7-9,16,27H,3-6,10-12H2,1-2H3,(H,25,32)(H,26,37)/t16-/m0/s1. The van der Waals surface area contributed by atoms with Gasteiger partial charge in [-0.2, -0.15) is 0 Å². The number of hydrazine groups is 1. The number of cyclic esters (lactones) is 1. The third-order valence-corrected chi connectivity index (χ3v) is 6.09. The lowest BCUT2D eigenvalue weighted by Gasteiger charge is -2.25. The molecule has 0 spiro atoms. The van der Waals surface area contributed by atoms with E-state index in [1.807, 2.05) is 0 Å². The fourth-order valence-corrected chi connectivity index (χ4v) is 4.09. The normalized spacial score (nSPS) is 17.9. The minimum absolute atomic E-state index is 0.0395. The molecular weight excluding hydrogens is 512 g/mol. The number of carbonyl (C=O) groups is 2. The van der Waals surface area contributed by atoms with Crippen LogP contribution in [0.4, 0.5) is 29.7 Å². The van der Waals surface area contributed by atoms with Crippen molar-refractivity contribution >= 4 is 40.9 Å². The number of hydrogen-bond acceptors (Lipinski definition) is 9. The Hall–Kier alpha value is -3.72. The van der Waals surface area contributed by atoms with Crippen LogP contribution in [0, 0.1) is 18.6 Å². The van der Waals surface area contributed by atoms with Crippen LogP contribution in [0.2, 0.25) is 0 Å². The highest BCUT2D eigenvalue weighted by molar-refractivity contribution is 7.80. The molecule has 3 N–H and O–H groups in total. The molecule has 0 aliphatic carbocycles. The number of aryl methyl sites for hydroxylation is 1. The lowest BCUT2D eigenvalue weighted by molar-refractivity contribution is 0.142. The third-order valence-electron chi connectivity index (χ3n) is 5.78. The molecule has 37 heavy (non-hydrogen) atoms. The number of aromatic nitrogens is 1. The van der Waals surface area contributed by atoms with E-state index in [-0.39, 0.29) is 62.4 Å². The third kappa shape index (κ3) is 6.35. The van der Waals surface area contributed by atoms with Crippen molar-refractivity contribution in [2.75, 3.05) is 56.2 Å². The summed E-state index contributed by atoms with van der Waals surface area (Å²) in [5.74, 6) is -1.03. The maximum absolute atomic E-state index is 15.1. The molecule has 2 saturated heterocycles. The number of nitrogens with one attached hydrogen (secondary N) is 3. The van der Waals surface area contributed by atoms with E-state index in [0.29, 0.717) is 11.5 Å². The van der Waals surface area contributed by atoms with Gasteiger partial charge >= 0.3 is 12.1 Å². The largest absolute Gasteiger partial charge is 0.474 e. The van der Waals surface area contributed by atoms with Crippen molar-refractivity contribution in [3.8, 4) is 0 Å². The van der Waals surface area contributed by atoms with Crippen LogP contribution < -0.4 is 25.9 Å². The predicted molar refractivity (Wildman–Crippen MR) is 132 cm³/mol. The lowest BCUT2D eigenvalue weighted by atomic mass is 10.2. The molecule has 3 heterocycles. The molecule has 0 bridgehead atoms. The molecule has 1 aromatic heterocycles. The van der Waals surface area contributed by atoms with Gasteiger partial charge in [-0.1, -0.05) is 5.16 Å². The number of anilines is 2. The van der Waals surface area contributed by atoms with Crippen molar-refractivity contribution in [3.63, 3.8) is 0 Å². The van der Waals surface area contributed by atoms with Crippen LogP contribution in [0.5, 0.6) is 0 Å². The lowest BCUT2D eigenvalue weighted by Crippen LogP contribution is -2.48. The quantitative estimate of drug-likeness (QED) is 0.467. The van der Waals surface area contributed by atoms with Crippen LogP contribution in [-0.4, -0.2) is 79.9 Å². The average molecular weight is 540 g/mol. The predicted octanol–water partition coefficient (Wildman–Crippen LogP) is 1.64. The average Bonchev–Trinajstić information content (AvgIpc) is 3.37. The van der Waals surface area contributed by atoms with Gasteiger partial charge in [0.05, 0.1) is 39.0 Å². The Balaban J connectivity index is 1.37. The molecule has 12 nitrogen and oxygen atoms in total. The van der Waals surface area contributed by atoms with Gasteiger partial charge in [0.15, 0.2) is 11.6 Å². The first-order valence-electron chi connectivity index (χ1n) is 11.5. The maximum atomic E-state index is 15.1. The van der Waals surface area contributed by atoms with Gasteiger partial charge in [-0.3, -0.25) is 9.91 Å². The van der Waals surface area contributed by atoms with Crippen molar-refractivity contribution < 1.29 is 32.4 Å². The number of urea groups is 1. The fourth-order valence-electron chi connectivity index (χ4n) is 4.01. The summed E-state index contributed by atoms with van der Waals surface area (Å²) < 4.78 is 45.3. The second-order valence-electron chi connectivity index (χ2n) is 8.38. The number of benzene rings is 1. The second-order valence-corrected chi connectivity index (χ2v) is 8.75. The highest BCUT2D eigenvalue weighted by Gasteiger charge is 2.34. The smallest absolute Gasteiger partial charge is 0.414 e. The Morgan fingerprint density at radius 2 is 2.00 bits per heavy atom. The second kappa shape index (κ2) is 11.6. The molecule has 0 saturated carbocycles. The first-order chi connectivity index (χ1) is 17.7. The minimum atomic E-state index is -0.829. The Kier molecular flexibility index (Phi) is 8.23. The van der Waals surface area contributed by atoms with Crippen LogP contribution in [0.15, 0.2) is 22.7 Å². The fraction of sp³-hybridized carbons (Fsp3) is 0.455. The van der Waals surface area contributed by atoms with E-state index < -0.39 is 29.9 Å². The number of halogens is 2. The summed E-state index contributed by atoms with van der Waals surface area (Å²) in [5.41, 5.74) is 3.33. The van der Waals surface area contributed by atoms with E-state index >= 15 is 8.78 Å². The van der Waals surface area contributed by atoms with E-state index in [0.717, 1.165) is 17.0 Å². The zero-order valence-electron chi connectivity index (χ0n) is 20.3.